The van der Waals surface area contributed by atoms with Crippen molar-refractivity contribution < 1.29 is 14.4 Å². The van der Waals surface area contributed by atoms with Gasteiger partial charge in [0.1, 0.15) is 19.5 Å². The zero-order chi connectivity index (χ0) is 17.5. The fourth-order valence-corrected chi connectivity index (χ4v) is 2.26. The Morgan fingerprint density at radius 2 is 1.88 bits per heavy atom. The van der Waals surface area contributed by atoms with Gasteiger partial charge in [0.25, 0.3) is 5.91 Å². The van der Waals surface area contributed by atoms with Gasteiger partial charge in [-0.1, -0.05) is 35.5 Å². The number of aryl methyl sites for hydroxylation is 2. The number of carbonyl (C=O) groups excluding carboxylic acids is 1. The van der Waals surface area contributed by atoms with Gasteiger partial charge in [-0.05, 0) is 42.7 Å². The highest BCUT2D eigenvalue weighted by Gasteiger charge is 2.17. The van der Waals surface area contributed by atoms with E-state index in [0.717, 1.165) is 11.3 Å². The summed E-state index contributed by atoms with van der Waals surface area (Å²) in [7, 11) is 2.97. The second-order valence-electron chi connectivity index (χ2n) is 5.39. The third-order valence-electron chi connectivity index (χ3n) is 3.77. The van der Waals surface area contributed by atoms with Crippen molar-refractivity contribution in [3.8, 4) is 5.75 Å². The van der Waals surface area contributed by atoms with E-state index in [1.807, 2.05) is 49.4 Å². The zero-order valence-electron chi connectivity index (χ0n) is 14.4. The number of amides is 1. The highest BCUT2D eigenvalue weighted by molar-refractivity contribution is 6.45. The van der Waals surface area contributed by atoms with Crippen LogP contribution in [0.3, 0.4) is 0 Å². The van der Waals surface area contributed by atoms with Crippen molar-refractivity contribution in [2.75, 3.05) is 14.2 Å². The summed E-state index contributed by atoms with van der Waals surface area (Å²) in [4.78, 5) is 16.9. The Kier molecular flexibility index (Phi) is 5.95. The molecule has 0 heterocycles. The third kappa shape index (κ3) is 4.13. The maximum atomic E-state index is 12.0. The van der Waals surface area contributed by atoms with E-state index in [2.05, 4.69) is 17.4 Å². The molecule has 24 heavy (non-hydrogen) atoms. The van der Waals surface area contributed by atoms with Gasteiger partial charge in [-0.25, -0.2) is 0 Å². The predicted octanol–water partition coefficient (Wildman–Crippen LogP) is 2.98. The van der Waals surface area contributed by atoms with Crippen molar-refractivity contribution in [3.05, 3.63) is 64.7 Å². The fraction of sp³-hybridized carbons (Fsp3) is 0.263. The molecule has 0 spiro atoms. The Bertz CT molecular complexity index is 754. The number of nitrogens with one attached hydrogen (secondary N) is 1. The van der Waals surface area contributed by atoms with Crippen LogP contribution < -0.4 is 10.1 Å². The minimum Gasteiger partial charge on any atom is -0.489 e. The van der Waals surface area contributed by atoms with Crippen LogP contribution in [0.5, 0.6) is 5.75 Å². The SMILES string of the molecule is CNC(=O)/C(=N/OC)c1ccccc1COc1ccc(C)c(C)c1. The zero-order valence-corrected chi connectivity index (χ0v) is 14.4. The molecular weight excluding hydrogens is 304 g/mol. The topological polar surface area (TPSA) is 59.9 Å². The number of ether oxygens (including phenoxy) is 1. The molecule has 0 aliphatic carbocycles. The lowest BCUT2D eigenvalue weighted by Crippen LogP contribution is -2.29. The number of oxime groups is 1. The molecule has 0 unspecified atom stereocenters. The number of benzene rings is 2. The van der Waals surface area contributed by atoms with E-state index in [0.29, 0.717) is 12.2 Å². The number of nitrogens with zero attached hydrogens (tertiary/aromatic N) is 1. The summed E-state index contributed by atoms with van der Waals surface area (Å²) < 4.78 is 5.88. The van der Waals surface area contributed by atoms with E-state index in [1.54, 1.807) is 7.05 Å². The minimum absolute atomic E-state index is 0.222. The molecule has 0 saturated heterocycles. The van der Waals surface area contributed by atoms with Crippen molar-refractivity contribution >= 4 is 11.6 Å². The molecule has 0 aliphatic heterocycles. The molecule has 0 bridgehead atoms. The monoisotopic (exact) mass is 326 g/mol. The second-order valence-corrected chi connectivity index (χ2v) is 5.39. The molecule has 0 fully saturated rings. The number of carbonyl (C=O) groups is 1. The Labute approximate surface area is 142 Å². The largest absolute Gasteiger partial charge is 0.489 e. The standard InChI is InChI=1S/C19H22N2O3/c1-13-9-10-16(11-14(13)2)24-12-15-7-5-6-8-17(15)18(21-23-4)19(22)20-3/h5-11H,12H2,1-4H3,(H,20,22)/b21-18+. The highest BCUT2D eigenvalue weighted by Crippen LogP contribution is 2.19. The van der Waals surface area contributed by atoms with Crippen molar-refractivity contribution in [1.29, 1.82) is 0 Å². The maximum Gasteiger partial charge on any atom is 0.273 e. The van der Waals surface area contributed by atoms with Crippen LogP contribution in [0.2, 0.25) is 0 Å². The predicted molar refractivity (Wildman–Crippen MR) is 94.3 cm³/mol. The van der Waals surface area contributed by atoms with Gasteiger partial charge in [0.05, 0.1) is 0 Å². The van der Waals surface area contributed by atoms with Crippen LogP contribution in [-0.2, 0) is 16.2 Å². The van der Waals surface area contributed by atoms with E-state index in [1.165, 1.54) is 18.2 Å². The Balaban J connectivity index is 2.26. The van der Waals surface area contributed by atoms with Crippen LogP contribution in [0.4, 0.5) is 0 Å². The summed E-state index contributed by atoms with van der Waals surface area (Å²) in [6.07, 6.45) is 0. The number of rotatable bonds is 6. The van der Waals surface area contributed by atoms with Crippen LogP contribution in [0, 0.1) is 13.8 Å². The van der Waals surface area contributed by atoms with Crippen LogP contribution in [-0.4, -0.2) is 25.8 Å². The van der Waals surface area contributed by atoms with Crippen LogP contribution in [0.25, 0.3) is 0 Å². The molecule has 1 amide bonds. The van der Waals surface area contributed by atoms with Crippen LogP contribution in [0.15, 0.2) is 47.6 Å². The lowest BCUT2D eigenvalue weighted by molar-refractivity contribution is -0.114. The van der Waals surface area contributed by atoms with E-state index in [-0.39, 0.29) is 11.6 Å². The van der Waals surface area contributed by atoms with Gasteiger partial charge in [-0.15, -0.1) is 0 Å². The third-order valence-corrected chi connectivity index (χ3v) is 3.77. The summed E-state index contributed by atoms with van der Waals surface area (Å²) in [5.41, 5.74) is 4.15. The molecule has 0 atom stereocenters. The van der Waals surface area contributed by atoms with Crippen LogP contribution in [0.1, 0.15) is 22.3 Å². The molecule has 5 heteroatoms. The first-order valence-electron chi connectivity index (χ1n) is 7.68. The van der Waals surface area contributed by atoms with Crippen molar-refractivity contribution in [2.45, 2.75) is 20.5 Å². The Morgan fingerprint density at radius 1 is 1.12 bits per heavy atom. The molecule has 2 aromatic rings. The average Bonchev–Trinajstić information content (AvgIpc) is 2.60. The number of likely N-dealkylation sites (N-methyl/N-ethyl adjacent to an activating group) is 1. The van der Waals surface area contributed by atoms with E-state index >= 15 is 0 Å². The van der Waals surface area contributed by atoms with Gasteiger partial charge in [-0.3, -0.25) is 4.79 Å². The smallest absolute Gasteiger partial charge is 0.273 e. The second kappa shape index (κ2) is 8.15. The summed E-state index contributed by atoms with van der Waals surface area (Å²) in [5.74, 6) is 0.480. The lowest BCUT2D eigenvalue weighted by atomic mass is 10.0. The first-order chi connectivity index (χ1) is 11.6. The Hall–Kier alpha value is -2.82. The van der Waals surface area contributed by atoms with Gasteiger partial charge in [0, 0.05) is 12.6 Å². The molecule has 0 aliphatic rings. The molecule has 5 nitrogen and oxygen atoms in total. The van der Waals surface area contributed by atoms with Crippen molar-refractivity contribution in [1.82, 2.24) is 5.32 Å². The van der Waals surface area contributed by atoms with Gasteiger partial charge >= 0.3 is 0 Å². The summed E-state index contributed by atoms with van der Waals surface area (Å²) >= 11 is 0. The fourth-order valence-electron chi connectivity index (χ4n) is 2.26. The van der Waals surface area contributed by atoms with Crippen molar-refractivity contribution in [2.24, 2.45) is 5.16 Å². The number of hydrogen-bond acceptors (Lipinski definition) is 4. The van der Waals surface area contributed by atoms with E-state index in [4.69, 9.17) is 9.57 Å². The quantitative estimate of drug-likeness (QED) is 0.656. The maximum absolute atomic E-state index is 12.0. The molecule has 1 N–H and O–H groups in total. The van der Waals surface area contributed by atoms with Gasteiger partial charge < -0.3 is 14.9 Å². The first-order valence-corrected chi connectivity index (χ1v) is 7.68. The van der Waals surface area contributed by atoms with Crippen molar-refractivity contribution in [3.63, 3.8) is 0 Å². The van der Waals surface area contributed by atoms with E-state index in [9.17, 15) is 4.79 Å². The molecule has 2 aromatic carbocycles. The van der Waals surface area contributed by atoms with Gasteiger partial charge in [0.2, 0.25) is 0 Å². The summed E-state index contributed by atoms with van der Waals surface area (Å²) in [5, 5.41) is 6.43. The normalized spacial score (nSPS) is 11.1. The van der Waals surface area contributed by atoms with Gasteiger partial charge in [0.15, 0.2) is 5.71 Å². The Morgan fingerprint density at radius 3 is 2.54 bits per heavy atom. The molecule has 0 saturated carbocycles. The van der Waals surface area contributed by atoms with E-state index < -0.39 is 0 Å². The highest BCUT2D eigenvalue weighted by atomic mass is 16.6. The molecule has 0 radical (unpaired) electrons. The van der Waals surface area contributed by atoms with Gasteiger partial charge in [-0.2, -0.15) is 0 Å². The molecule has 2 rings (SSSR count). The minimum atomic E-state index is -0.310. The molecular formula is C19H22N2O3. The number of hydrogen-bond donors (Lipinski definition) is 1. The van der Waals surface area contributed by atoms with Crippen LogP contribution >= 0.6 is 0 Å². The lowest BCUT2D eigenvalue weighted by Gasteiger charge is -2.13. The summed E-state index contributed by atoms with van der Waals surface area (Å²) in [6.45, 7) is 4.44. The average molecular weight is 326 g/mol. The molecule has 126 valence electrons. The molecule has 0 aromatic heterocycles. The summed E-state index contributed by atoms with van der Waals surface area (Å²) in [6, 6.07) is 13.4. The first kappa shape index (κ1) is 17.5.